The van der Waals surface area contributed by atoms with E-state index in [-0.39, 0.29) is 16.9 Å². The van der Waals surface area contributed by atoms with Gasteiger partial charge in [0.15, 0.2) is 0 Å². The third-order valence-electron chi connectivity index (χ3n) is 6.24. The molecule has 148 valence electrons. The number of benzene rings is 3. The van der Waals surface area contributed by atoms with E-state index < -0.39 is 0 Å². The fourth-order valence-electron chi connectivity index (χ4n) is 5.04. The van der Waals surface area contributed by atoms with Gasteiger partial charge in [0.2, 0.25) is 5.91 Å². The second-order valence-electron chi connectivity index (χ2n) is 9.10. The Hall–Kier alpha value is -2.87. The molecule has 1 atom stereocenters. The maximum absolute atomic E-state index is 13.5. The number of hydrogen-bond acceptors (Lipinski definition) is 1. The molecular weight excluding hydrogens is 354 g/mol. The highest BCUT2D eigenvalue weighted by Crippen LogP contribution is 2.50. The van der Waals surface area contributed by atoms with Crippen molar-refractivity contribution >= 4 is 11.6 Å². The number of anilines is 1. The smallest absolute Gasteiger partial charge is 0.231 e. The second-order valence-corrected chi connectivity index (χ2v) is 9.10. The number of hydrogen-bond donors (Lipinski definition) is 0. The Morgan fingerprint density at radius 3 is 2.17 bits per heavy atom. The molecule has 29 heavy (non-hydrogen) atoms. The van der Waals surface area contributed by atoms with Crippen molar-refractivity contribution in [3.63, 3.8) is 0 Å². The lowest BCUT2D eigenvalue weighted by atomic mass is 9.65. The van der Waals surface area contributed by atoms with Crippen LogP contribution in [0.5, 0.6) is 0 Å². The molecule has 4 rings (SSSR count). The first-order chi connectivity index (χ1) is 13.8. The summed E-state index contributed by atoms with van der Waals surface area (Å²) in [4.78, 5) is 15.5. The molecule has 1 aliphatic heterocycles. The predicted octanol–water partition coefficient (Wildman–Crippen LogP) is 6.06. The summed E-state index contributed by atoms with van der Waals surface area (Å²) >= 11 is 0. The van der Waals surface area contributed by atoms with Gasteiger partial charge in [0.25, 0.3) is 0 Å². The van der Waals surface area contributed by atoms with Crippen molar-refractivity contribution in [2.75, 3.05) is 4.90 Å². The number of amides is 1. The molecule has 0 aromatic heterocycles. The maximum atomic E-state index is 13.5. The molecule has 0 saturated carbocycles. The second kappa shape index (κ2) is 7.18. The fraction of sp³-hybridized carbons (Fsp3) is 0.296. The molecule has 0 aliphatic carbocycles. The van der Waals surface area contributed by atoms with E-state index in [1.165, 1.54) is 16.7 Å². The molecule has 0 saturated heterocycles. The Bertz CT molecular complexity index is 1020. The van der Waals surface area contributed by atoms with Gasteiger partial charge < -0.3 is 4.90 Å². The first kappa shape index (κ1) is 19.4. The van der Waals surface area contributed by atoms with Crippen molar-refractivity contribution in [1.82, 2.24) is 0 Å². The van der Waals surface area contributed by atoms with Gasteiger partial charge in [-0.15, -0.1) is 0 Å². The van der Waals surface area contributed by atoms with E-state index in [2.05, 4.69) is 76.2 Å². The number of aryl methyl sites for hydroxylation is 1. The zero-order valence-corrected chi connectivity index (χ0v) is 17.8. The van der Waals surface area contributed by atoms with Crippen LogP contribution in [0.4, 0.5) is 5.69 Å². The highest BCUT2D eigenvalue weighted by atomic mass is 16.2. The minimum absolute atomic E-state index is 0.143. The highest BCUT2D eigenvalue weighted by Gasteiger charge is 2.47. The summed E-state index contributed by atoms with van der Waals surface area (Å²) in [6.07, 6.45) is 1.29. The number of rotatable bonds is 3. The number of fused-ring (bicyclic) bond motifs is 1. The molecule has 0 N–H and O–H groups in total. The summed E-state index contributed by atoms with van der Waals surface area (Å²) in [5, 5.41) is 0. The molecule has 2 nitrogen and oxygen atoms in total. The standard InChI is InChI=1S/C27H29NO/c1-20-15-16-24-23(17-20)27(4,22-13-9-6-10-14-22)19-26(2,3)28(24)25(29)18-21-11-7-5-8-12-21/h5-17H,18-19H2,1-4H3. The molecule has 0 bridgehead atoms. The molecular formula is C27H29NO. The molecule has 0 fully saturated rings. The molecule has 0 spiro atoms. The van der Waals surface area contributed by atoms with E-state index >= 15 is 0 Å². The zero-order chi connectivity index (χ0) is 20.6. The van der Waals surface area contributed by atoms with E-state index in [1.54, 1.807) is 0 Å². The molecule has 2 heteroatoms. The monoisotopic (exact) mass is 383 g/mol. The Morgan fingerprint density at radius 1 is 0.897 bits per heavy atom. The first-order valence-corrected chi connectivity index (χ1v) is 10.3. The van der Waals surface area contributed by atoms with Crippen molar-refractivity contribution in [1.29, 1.82) is 0 Å². The van der Waals surface area contributed by atoms with Gasteiger partial charge >= 0.3 is 0 Å². The van der Waals surface area contributed by atoms with Crippen LogP contribution in [0.2, 0.25) is 0 Å². The quantitative estimate of drug-likeness (QED) is 0.538. The average molecular weight is 384 g/mol. The van der Waals surface area contributed by atoms with Crippen LogP contribution in [-0.4, -0.2) is 11.4 Å². The van der Waals surface area contributed by atoms with Crippen LogP contribution >= 0.6 is 0 Å². The van der Waals surface area contributed by atoms with Crippen LogP contribution in [0.1, 0.15) is 49.4 Å². The van der Waals surface area contributed by atoms with Crippen molar-refractivity contribution in [2.24, 2.45) is 0 Å². The molecule has 0 radical (unpaired) electrons. The van der Waals surface area contributed by atoms with Crippen LogP contribution < -0.4 is 4.90 Å². The number of nitrogens with zero attached hydrogens (tertiary/aromatic N) is 1. The summed E-state index contributed by atoms with van der Waals surface area (Å²) in [5.41, 5.74) is 5.42. The average Bonchev–Trinajstić information content (AvgIpc) is 2.69. The summed E-state index contributed by atoms with van der Waals surface area (Å²) in [5.74, 6) is 0.154. The lowest BCUT2D eigenvalue weighted by molar-refractivity contribution is -0.119. The Labute approximate surface area is 174 Å². The highest BCUT2D eigenvalue weighted by molar-refractivity contribution is 5.98. The number of carbonyl (C=O) groups excluding carboxylic acids is 1. The van der Waals surface area contributed by atoms with Crippen molar-refractivity contribution in [3.8, 4) is 0 Å². The SMILES string of the molecule is Cc1ccc2c(c1)C(C)(c1ccccc1)CC(C)(C)N2C(=O)Cc1ccccc1. The fourth-order valence-corrected chi connectivity index (χ4v) is 5.04. The van der Waals surface area contributed by atoms with Crippen LogP contribution in [-0.2, 0) is 16.6 Å². The third kappa shape index (κ3) is 3.48. The van der Waals surface area contributed by atoms with Crippen molar-refractivity contribution in [2.45, 2.75) is 51.5 Å². The van der Waals surface area contributed by atoms with E-state index in [0.717, 1.165) is 17.7 Å². The van der Waals surface area contributed by atoms with Gasteiger partial charge in [-0.3, -0.25) is 4.79 Å². The number of carbonyl (C=O) groups is 1. The van der Waals surface area contributed by atoms with Crippen molar-refractivity contribution in [3.05, 3.63) is 101 Å². The maximum Gasteiger partial charge on any atom is 0.231 e. The van der Waals surface area contributed by atoms with E-state index in [4.69, 9.17) is 0 Å². The lowest BCUT2D eigenvalue weighted by Gasteiger charge is -2.51. The Balaban J connectivity index is 1.83. The van der Waals surface area contributed by atoms with Gasteiger partial charge in [-0.2, -0.15) is 0 Å². The largest absolute Gasteiger partial charge is 0.306 e. The Kier molecular flexibility index (Phi) is 4.82. The summed E-state index contributed by atoms with van der Waals surface area (Å²) < 4.78 is 0. The first-order valence-electron chi connectivity index (χ1n) is 10.3. The molecule has 1 amide bonds. The molecule has 1 aliphatic rings. The van der Waals surface area contributed by atoms with Gasteiger partial charge in [-0.25, -0.2) is 0 Å². The van der Waals surface area contributed by atoms with E-state index in [0.29, 0.717) is 6.42 Å². The third-order valence-corrected chi connectivity index (χ3v) is 6.24. The van der Waals surface area contributed by atoms with Crippen LogP contribution in [0, 0.1) is 6.92 Å². The normalized spacial score (nSPS) is 20.2. The van der Waals surface area contributed by atoms with Gasteiger partial charge in [0.1, 0.15) is 0 Å². The summed E-state index contributed by atoms with van der Waals surface area (Å²) in [6, 6.07) is 27.2. The van der Waals surface area contributed by atoms with Crippen molar-refractivity contribution < 1.29 is 4.79 Å². The summed E-state index contributed by atoms with van der Waals surface area (Å²) in [6.45, 7) is 8.84. The Morgan fingerprint density at radius 2 is 1.52 bits per heavy atom. The molecule has 3 aromatic carbocycles. The van der Waals surface area contributed by atoms with E-state index in [9.17, 15) is 4.79 Å². The molecule has 1 unspecified atom stereocenters. The predicted molar refractivity (Wildman–Crippen MR) is 120 cm³/mol. The van der Waals surface area contributed by atoms with Gasteiger partial charge in [0.05, 0.1) is 6.42 Å². The minimum atomic E-state index is -0.293. The summed E-state index contributed by atoms with van der Waals surface area (Å²) in [7, 11) is 0. The lowest BCUT2D eigenvalue weighted by Crippen LogP contribution is -2.56. The molecule has 3 aromatic rings. The van der Waals surface area contributed by atoms with Gasteiger partial charge in [0, 0.05) is 16.6 Å². The van der Waals surface area contributed by atoms with Gasteiger partial charge in [-0.1, -0.05) is 85.3 Å². The zero-order valence-electron chi connectivity index (χ0n) is 17.8. The van der Waals surface area contributed by atoms with Gasteiger partial charge in [-0.05, 0) is 49.9 Å². The van der Waals surface area contributed by atoms with Crippen LogP contribution in [0.15, 0.2) is 78.9 Å². The molecule has 1 heterocycles. The van der Waals surface area contributed by atoms with Crippen LogP contribution in [0.25, 0.3) is 0 Å². The minimum Gasteiger partial charge on any atom is -0.306 e. The van der Waals surface area contributed by atoms with Crippen LogP contribution in [0.3, 0.4) is 0 Å². The van der Waals surface area contributed by atoms with E-state index in [1.807, 2.05) is 35.2 Å². The topological polar surface area (TPSA) is 20.3 Å².